The fourth-order valence-electron chi connectivity index (χ4n) is 1.84. The molecule has 0 saturated heterocycles. The number of ether oxygens (including phenoxy) is 1. The van der Waals surface area contributed by atoms with Crippen molar-refractivity contribution in [2.45, 2.75) is 47.1 Å². The van der Waals surface area contributed by atoms with Gasteiger partial charge < -0.3 is 10.1 Å². The first kappa shape index (κ1) is 16.3. The van der Waals surface area contributed by atoms with Gasteiger partial charge in [0, 0.05) is 11.1 Å². The van der Waals surface area contributed by atoms with Crippen molar-refractivity contribution < 1.29 is 4.74 Å². The fourth-order valence-corrected chi connectivity index (χ4v) is 2.17. The Bertz CT molecular complexity index is 398. The Balaban J connectivity index is 2.61. The van der Waals surface area contributed by atoms with Gasteiger partial charge in [0.1, 0.15) is 5.75 Å². The first-order chi connectivity index (χ1) is 8.83. The molecule has 1 atom stereocenters. The Morgan fingerprint density at radius 1 is 1.32 bits per heavy atom. The van der Waals surface area contributed by atoms with Crippen LogP contribution in [0, 0.1) is 5.41 Å². The Morgan fingerprint density at radius 3 is 2.53 bits per heavy atom. The lowest BCUT2D eigenvalue weighted by Crippen LogP contribution is -2.18. The van der Waals surface area contributed by atoms with E-state index in [4.69, 9.17) is 16.3 Å². The third-order valence-corrected chi connectivity index (χ3v) is 3.40. The van der Waals surface area contributed by atoms with Crippen molar-refractivity contribution in [2.75, 3.05) is 13.2 Å². The number of rotatable bonds is 6. The van der Waals surface area contributed by atoms with Crippen molar-refractivity contribution in [1.29, 1.82) is 0 Å². The summed E-state index contributed by atoms with van der Waals surface area (Å²) in [5.74, 6) is 0.849. The largest absolute Gasteiger partial charge is 0.494 e. The quantitative estimate of drug-likeness (QED) is 0.808. The molecule has 1 aromatic carbocycles. The normalized spacial score (nSPS) is 13.4. The molecule has 1 rings (SSSR count). The third-order valence-electron chi connectivity index (χ3n) is 3.07. The highest BCUT2D eigenvalue weighted by molar-refractivity contribution is 6.31. The van der Waals surface area contributed by atoms with Crippen LogP contribution in [0.5, 0.6) is 5.75 Å². The van der Waals surface area contributed by atoms with Crippen molar-refractivity contribution in [3.8, 4) is 5.75 Å². The maximum atomic E-state index is 6.31. The van der Waals surface area contributed by atoms with Gasteiger partial charge in [0.25, 0.3) is 0 Å². The highest BCUT2D eigenvalue weighted by atomic mass is 35.5. The summed E-state index contributed by atoms with van der Waals surface area (Å²) >= 11 is 6.31. The molecule has 0 radical (unpaired) electrons. The van der Waals surface area contributed by atoms with Gasteiger partial charge in [0.2, 0.25) is 0 Å². The van der Waals surface area contributed by atoms with Gasteiger partial charge in [-0.1, -0.05) is 45.4 Å². The van der Waals surface area contributed by atoms with Crippen LogP contribution in [0.1, 0.15) is 52.6 Å². The summed E-state index contributed by atoms with van der Waals surface area (Å²) < 4.78 is 5.75. The van der Waals surface area contributed by atoms with Crippen molar-refractivity contribution in [3.05, 3.63) is 28.8 Å². The molecular weight excluding hydrogens is 258 g/mol. The van der Waals surface area contributed by atoms with Crippen LogP contribution in [0.4, 0.5) is 0 Å². The maximum Gasteiger partial charge on any atom is 0.120 e. The highest BCUT2D eigenvalue weighted by Crippen LogP contribution is 2.28. The molecule has 19 heavy (non-hydrogen) atoms. The number of benzene rings is 1. The van der Waals surface area contributed by atoms with E-state index in [2.05, 4.69) is 39.9 Å². The fraction of sp³-hybridized carbons (Fsp3) is 0.625. The minimum atomic E-state index is 0.265. The van der Waals surface area contributed by atoms with Crippen LogP contribution in [0.15, 0.2) is 18.2 Å². The topological polar surface area (TPSA) is 21.3 Å². The van der Waals surface area contributed by atoms with E-state index >= 15 is 0 Å². The SMILES string of the molecule is CCNC(C)c1ccc(OCCC(C)(C)C)cc1Cl. The van der Waals surface area contributed by atoms with Gasteiger partial charge in [0.15, 0.2) is 0 Å². The smallest absolute Gasteiger partial charge is 0.120 e. The lowest BCUT2D eigenvalue weighted by atomic mass is 9.93. The second kappa shape index (κ2) is 7.16. The Hall–Kier alpha value is -0.730. The molecule has 0 heterocycles. The molecule has 0 aromatic heterocycles. The number of halogens is 1. The van der Waals surface area contributed by atoms with Gasteiger partial charge in [-0.3, -0.25) is 0 Å². The highest BCUT2D eigenvalue weighted by Gasteiger charge is 2.12. The predicted molar refractivity (Wildman–Crippen MR) is 83.1 cm³/mol. The lowest BCUT2D eigenvalue weighted by Gasteiger charge is -2.19. The first-order valence-corrected chi connectivity index (χ1v) is 7.37. The van der Waals surface area contributed by atoms with Crippen molar-refractivity contribution >= 4 is 11.6 Å². The van der Waals surface area contributed by atoms with E-state index in [1.807, 2.05) is 18.2 Å². The minimum absolute atomic E-state index is 0.265. The molecule has 2 nitrogen and oxygen atoms in total. The van der Waals surface area contributed by atoms with E-state index in [1.54, 1.807) is 0 Å². The summed E-state index contributed by atoms with van der Waals surface area (Å²) in [7, 11) is 0. The standard InChI is InChI=1S/C16H26ClNO/c1-6-18-12(2)14-8-7-13(11-15(14)17)19-10-9-16(3,4)5/h7-8,11-12,18H,6,9-10H2,1-5H3. The van der Waals surface area contributed by atoms with E-state index in [1.165, 1.54) is 0 Å². The van der Waals surface area contributed by atoms with Crippen molar-refractivity contribution in [1.82, 2.24) is 5.32 Å². The number of nitrogens with one attached hydrogen (secondary N) is 1. The summed E-state index contributed by atoms with van der Waals surface area (Å²) in [6.45, 7) is 12.5. The Labute approximate surface area is 122 Å². The van der Waals surface area contributed by atoms with E-state index in [0.717, 1.165) is 35.9 Å². The van der Waals surface area contributed by atoms with Gasteiger partial charge in [-0.25, -0.2) is 0 Å². The molecule has 0 amide bonds. The van der Waals surface area contributed by atoms with E-state index in [0.29, 0.717) is 5.41 Å². The Morgan fingerprint density at radius 2 is 2.00 bits per heavy atom. The molecule has 0 aliphatic rings. The van der Waals surface area contributed by atoms with Crippen LogP contribution in [0.3, 0.4) is 0 Å². The molecule has 0 bridgehead atoms. The summed E-state index contributed by atoms with van der Waals surface area (Å²) in [4.78, 5) is 0. The average Bonchev–Trinajstić information content (AvgIpc) is 2.27. The molecule has 1 N–H and O–H groups in total. The van der Waals surface area contributed by atoms with Gasteiger partial charge >= 0.3 is 0 Å². The van der Waals surface area contributed by atoms with Crippen LogP contribution in [-0.2, 0) is 0 Å². The van der Waals surface area contributed by atoms with Crippen LogP contribution in [0.2, 0.25) is 5.02 Å². The molecule has 1 aromatic rings. The van der Waals surface area contributed by atoms with Crippen LogP contribution in [0.25, 0.3) is 0 Å². The summed E-state index contributed by atoms with van der Waals surface area (Å²) in [6.07, 6.45) is 1.03. The Kier molecular flexibility index (Phi) is 6.15. The molecule has 0 aliphatic heterocycles. The summed E-state index contributed by atoms with van der Waals surface area (Å²) in [6, 6.07) is 6.22. The lowest BCUT2D eigenvalue weighted by molar-refractivity contribution is 0.243. The summed E-state index contributed by atoms with van der Waals surface area (Å²) in [5.41, 5.74) is 1.41. The zero-order chi connectivity index (χ0) is 14.5. The molecule has 0 spiro atoms. The molecule has 0 aliphatic carbocycles. The van der Waals surface area contributed by atoms with Gasteiger partial charge in [-0.05, 0) is 43.0 Å². The van der Waals surface area contributed by atoms with Crippen molar-refractivity contribution in [3.63, 3.8) is 0 Å². The minimum Gasteiger partial charge on any atom is -0.494 e. The van der Waals surface area contributed by atoms with Crippen molar-refractivity contribution in [2.24, 2.45) is 5.41 Å². The zero-order valence-electron chi connectivity index (χ0n) is 12.7. The molecular formula is C16H26ClNO. The summed E-state index contributed by atoms with van der Waals surface area (Å²) in [5, 5.41) is 4.13. The second-order valence-corrected chi connectivity index (χ2v) is 6.53. The average molecular weight is 284 g/mol. The molecule has 1 unspecified atom stereocenters. The van der Waals surface area contributed by atoms with E-state index < -0.39 is 0 Å². The van der Waals surface area contributed by atoms with Gasteiger partial charge in [0.05, 0.1) is 6.61 Å². The van der Waals surface area contributed by atoms with Crippen LogP contribution in [-0.4, -0.2) is 13.2 Å². The number of hydrogen-bond donors (Lipinski definition) is 1. The molecule has 3 heteroatoms. The predicted octanol–water partition coefficient (Wildman–Crippen LogP) is 4.83. The zero-order valence-corrected chi connectivity index (χ0v) is 13.5. The third kappa shape index (κ3) is 5.84. The number of hydrogen-bond acceptors (Lipinski definition) is 2. The molecule has 108 valence electrons. The second-order valence-electron chi connectivity index (χ2n) is 6.12. The van der Waals surface area contributed by atoms with E-state index in [9.17, 15) is 0 Å². The maximum absolute atomic E-state index is 6.31. The molecule has 0 saturated carbocycles. The van der Waals surface area contributed by atoms with Gasteiger partial charge in [-0.15, -0.1) is 0 Å². The molecule has 0 fully saturated rings. The van der Waals surface area contributed by atoms with Gasteiger partial charge in [-0.2, -0.15) is 0 Å². The van der Waals surface area contributed by atoms with Crippen LogP contribution >= 0.6 is 11.6 Å². The first-order valence-electron chi connectivity index (χ1n) is 6.99. The van der Waals surface area contributed by atoms with E-state index in [-0.39, 0.29) is 6.04 Å². The van der Waals surface area contributed by atoms with Crippen LogP contribution < -0.4 is 10.1 Å². The monoisotopic (exact) mass is 283 g/mol.